The first-order valence-corrected chi connectivity index (χ1v) is 32.1. The third-order valence-electron chi connectivity index (χ3n) is 15.6. The van der Waals surface area contributed by atoms with Crippen molar-refractivity contribution in [3.63, 3.8) is 0 Å². The van der Waals surface area contributed by atoms with Gasteiger partial charge in [-0.05, 0) is 0 Å². The number of rotatable bonds is 18. The molecule has 6 aliphatic carbocycles. The molecule has 0 heterocycles. The van der Waals surface area contributed by atoms with Crippen molar-refractivity contribution >= 4 is 16.6 Å². The standard InChI is InChI=1S/2C18H33OSi.2C4H9O.Zr/c2*19-20(16-10-4-1-5-11-16,17-12-6-2-7-13-17)18-14-8-3-9-15-18;2*1-2-3-4-5;/h2*16-18H,1-15H2;2*2-4H2,1H3;/q4*-1;+4. The molecule has 0 amide bonds. The Morgan fingerprint density at radius 3 is 0.765 bits per heavy atom. The third kappa shape index (κ3) is 10.4. The van der Waals surface area contributed by atoms with Gasteiger partial charge in [-0.15, -0.1) is 0 Å². The van der Waals surface area contributed by atoms with E-state index in [0.717, 1.165) is 59.3 Å². The molecule has 0 spiro atoms. The minimum atomic E-state index is -4.66. The fourth-order valence-electron chi connectivity index (χ4n) is 13.1. The third-order valence-corrected chi connectivity index (χ3v) is 39.6. The van der Waals surface area contributed by atoms with E-state index in [-0.39, 0.29) is 0 Å². The average Bonchev–Trinajstić information content (AvgIpc) is 3.21. The van der Waals surface area contributed by atoms with Gasteiger partial charge in [0, 0.05) is 0 Å². The predicted molar refractivity (Wildman–Crippen MR) is 216 cm³/mol. The molecule has 0 unspecified atom stereocenters. The first kappa shape index (κ1) is 41.8. The van der Waals surface area contributed by atoms with Gasteiger partial charge in [0.1, 0.15) is 0 Å². The van der Waals surface area contributed by atoms with E-state index < -0.39 is 38.7 Å². The van der Waals surface area contributed by atoms with E-state index in [1.54, 1.807) is 0 Å². The van der Waals surface area contributed by atoms with Crippen LogP contribution in [-0.2, 0) is 32.7 Å². The van der Waals surface area contributed by atoms with Crippen LogP contribution >= 0.6 is 0 Å². The van der Waals surface area contributed by atoms with Crippen molar-refractivity contribution in [3.8, 4) is 0 Å². The molecule has 6 rings (SSSR count). The molecule has 0 aliphatic heterocycles. The normalized spacial score (nSPS) is 25.8. The van der Waals surface area contributed by atoms with Gasteiger partial charge in [-0.25, -0.2) is 0 Å². The Morgan fingerprint density at radius 2 is 0.569 bits per heavy atom. The van der Waals surface area contributed by atoms with Crippen LogP contribution in [0.4, 0.5) is 0 Å². The zero-order chi connectivity index (χ0) is 35.2. The summed E-state index contributed by atoms with van der Waals surface area (Å²) >= 11 is -4.66. The summed E-state index contributed by atoms with van der Waals surface area (Å²) in [5.41, 5.74) is 4.73. The zero-order valence-electron chi connectivity index (χ0n) is 34.1. The van der Waals surface area contributed by atoms with Crippen LogP contribution in [0.2, 0.25) is 33.2 Å². The van der Waals surface area contributed by atoms with Crippen LogP contribution in [0.25, 0.3) is 0 Å². The van der Waals surface area contributed by atoms with Crippen molar-refractivity contribution < 1.29 is 32.7 Å². The van der Waals surface area contributed by atoms with Gasteiger partial charge in [0.25, 0.3) is 0 Å². The molecule has 7 heteroatoms. The van der Waals surface area contributed by atoms with Gasteiger partial charge < -0.3 is 0 Å². The summed E-state index contributed by atoms with van der Waals surface area (Å²) in [6, 6.07) is 0. The van der Waals surface area contributed by atoms with Gasteiger partial charge in [0.2, 0.25) is 0 Å². The van der Waals surface area contributed by atoms with Gasteiger partial charge in [0.05, 0.1) is 0 Å². The first-order valence-electron chi connectivity index (χ1n) is 23.8. The van der Waals surface area contributed by atoms with Crippen LogP contribution in [0.3, 0.4) is 0 Å². The van der Waals surface area contributed by atoms with Gasteiger partial charge >= 0.3 is 328 Å². The van der Waals surface area contributed by atoms with Crippen LogP contribution in [0.5, 0.6) is 0 Å². The fourth-order valence-corrected chi connectivity index (χ4v) is 45.8. The van der Waals surface area contributed by atoms with E-state index in [1.165, 1.54) is 205 Å². The average molecular weight is 825 g/mol. The molecule has 6 saturated carbocycles. The predicted octanol–water partition coefficient (Wildman–Crippen LogP) is 15.4. The second kappa shape index (κ2) is 21.6. The van der Waals surface area contributed by atoms with E-state index in [4.69, 9.17) is 10.6 Å². The quantitative estimate of drug-likeness (QED) is 0.102. The zero-order valence-corrected chi connectivity index (χ0v) is 38.5. The Bertz CT molecular complexity index is 780. The number of unbranched alkanes of at least 4 members (excludes halogenated alkanes) is 2. The number of hydrogen-bond acceptors (Lipinski definition) is 4. The maximum atomic E-state index is 8.78. The Kier molecular flexibility index (Phi) is 17.7. The summed E-state index contributed by atoms with van der Waals surface area (Å²) in [7, 11) is -4.71. The molecule has 296 valence electrons. The molecular weight excluding hydrogens is 740 g/mol. The topological polar surface area (TPSA) is 36.9 Å². The summed E-state index contributed by atoms with van der Waals surface area (Å²) in [5.74, 6) is 0. The molecule has 0 N–H and O–H groups in total. The maximum absolute atomic E-state index is 8.78. The monoisotopic (exact) mass is 822 g/mol. The Morgan fingerprint density at radius 1 is 0.353 bits per heavy atom. The Balaban J connectivity index is 1.52. The SMILES string of the molecule is CCCC[O][Zr]([O]CCCC)([O][Si](C1CCCCC1)(C1CCCCC1)C1CCCCC1)[O][Si](C1CCCCC1)(C1CCCCC1)C1CCCCC1. The fraction of sp³-hybridized carbons (Fsp3) is 1.00. The van der Waals surface area contributed by atoms with Crippen LogP contribution < -0.4 is 0 Å². The molecule has 0 bridgehead atoms. The van der Waals surface area contributed by atoms with Crippen molar-refractivity contribution in [2.24, 2.45) is 0 Å². The van der Waals surface area contributed by atoms with E-state index in [0.29, 0.717) is 0 Å². The van der Waals surface area contributed by atoms with Crippen molar-refractivity contribution in [1.29, 1.82) is 0 Å². The number of hydrogen-bond donors (Lipinski definition) is 0. The summed E-state index contributed by atoms with van der Waals surface area (Å²) in [4.78, 5) is 0. The molecule has 0 saturated heterocycles. The molecule has 0 aromatic heterocycles. The molecule has 6 aliphatic rings. The van der Waals surface area contributed by atoms with Crippen LogP contribution in [0, 0.1) is 0 Å². The van der Waals surface area contributed by atoms with Gasteiger partial charge in [0.15, 0.2) is 0 Å². The minimum absolute atomic E-state index is 0.789. The molecule has 0 atom stereocenters. The molecule has 0 aromatic carbocycles. The molecular formula is C44H84O4Si2Zr. The Labute approximate surface area is 325 Å². The first-order chi connectivity index (χ1) is 25.2. The van der Waals surface area contributed by atoms with Gasteiger partial charge in [-0.3, -0.25) is 0 Å². The van der Waals surface area contributed by atoms with Gasteiger partial charge in [-0.1, -0.05) is 0 Å². The van der Waals surface area contributed by atoms with E-state index in [2.05, 4.69) is 13.8 Å². The molecule has 6 fully saturated rings. The second-order valence-electron chi connectivity index (χ2n) is 18.8. The van der Waals surface area contributed by atoms with Crippen molar-refractivity contribution in [3.05, 3.63) is 0 Å². The molecule has 51 heavy (non-hydrogen) atoms. The van der Waals surface area contributed by atoms with Crippen LogP contribution in [0.15, 0.2) is 0 Å². The second-order valence-corrected chi connectivity index (χ2v) is 34.4. The van der Waals surface area contributed by atoms with Crippen LogP contribution in [-0.4, -0.2) is 29.8 Å². The van der Waals surface area contributed by atoms with Crippen molar-refractivity contribution in [2.75, 3.05) is 13.2 Å². The summed E-state index contributed by atoms with van der Waals surface area (Å²) in [6.07, 6.45) is 47.2. The van der Waals surface area contributed by atoms with Gasteiger partial charge in [-0.2, -0.15) is 0 Å². The molecule has 0 aromatic rings. The van der Waals surface area contributed by atoms with Crippen LogP contribution in [0.1, 0.15) is 232 Å². The Hall–Kier alpha value is 1.16. The summed E-state index contributed by atoms with van der Waals surface area (Å²) < 4.78 is 32.9. The van der Waals surface area contributed by atoms with E-state index in [9.17, 15) is 0 Å². The van der Waals surface area contributed by atoms with Crippen molar-refractivity contribution in [2.45, 2.75) is 265 Å². The van der Waals surface area contributed by atoms with E-state index >= 15 is 0 Å². The summed E-state index contributed by atoms with van der Waals surface area (Å²) in [6.45, 7) is 6.29. The summed E-state index contributed by atoms with van der Waals surface area (Å²) in [5, 5.41) is 0. The molecule has 4 nitrogen and oxygen atoms in total. The van der Waals surface area contributed by atoms with Crippen molar-refractivity contribution in [1.82, 2.24) is 0 Å². The van der Waals surface area contributed by atoms with E-state index in [1.807, 2.05) is 0 Å². The molecule has 0 radical (unpaired) electrons.